The molecule has 54 heavy (non-hydrogen) atoms. The smallest absolute Gasteiger partial charge is 0.252 e. The zero-order chi connectivity index (χ0) is 37.2. The maximum absolute atomic E-state index is 2.53. The van der Waals surface area contributed by atoms with Crippen molar-refractivity contribution < 1.29 is 0 Å². The van der Waals surface area contributed by atoms with E-state index in [0.29, 0.717) is 0 Å². The summed E-state index contributed by atoms with van der Waals surface area (Å²) in [4.78, 5) is 7.39. The molecule has 0 saturated heterocycles. The minimum atomic E-state index is -1.47. The van der Waals surface area contributed by atoms with Crippen molar-refractivity contribution in [2.45, 2.75) is 45.8 Å². The summed E-state index contributed by atoms with van der Waals surface area (Å²) in [6, 6.07) is 63.0. The van der Waals surface area contributed by atoms with Crippen LogP contribution in [0.15, 0.2) is 170 Å². The van der Waals surface area contributed by atoms with Crippen LogP contribution in [0.4, 0.5) is 51.2 Å². The Labute approximate surface area is 322 Å². The van der Waals surface area contributed by atoms with Gasteiger partial charge in [0.15, 0.2) is 0 Å². The summed E-state index contributed by atoms with van der Waals surface area (Å²) in [5.41, 5.74) is 16.0. The van der Waals surface area contributed by atoms with Crippen LogP contribution < -0.4 is 36.3 Å². The zero-order valence-corrected chi connectivity index (χ0v) is 33.1. The van der Waals surface area contributed by atoms with E-state index in [9.17, 15) is 0 Å². The summed E-state index contributed by atoms with van der Waals surface area (Å²) in [5, 5.41) is 1.47. The molecular weight excluding hydrogens is 669 g/mol. The third kappa shape index (κ3) is 5.75. The molecule has 264 valence electrons. The van der Waals surface area contributed by atoms with Gasteiger partial charge < -0.3 is 14.7 Å². The Balaban J connectivity index is 1.31. The van der Waals surface area contributed by atoms with Gasteiger partial charge in [-0.2, -0.15) is 0 Å². The molecule has 7 aromatic rings. The lowest BCUT2D eigenvalue weighted by molar-refractivity contribution is 0.590. The molecule has 0 radical (unpaired) electrons. The van der Waals surface area contributed by atoms with Crippen molar-refractivity contribution in [2.75, 3.05) is 14.7 Å². The van der Waals surface area contributed by atoms with Crippen LogP contribution in [0, 0.1) is 0 Å². The van der Waals surface area contributed by atoms with Gasteiger partial charge in [0.2, 0.25) is 0 Å². The molecule has 2 heterocycles. The molecule has 0 unspecified atom stereocenters. The van der Waals surface area contributed by atoms with Gasteiger partial charge in [0.05, 0.1) is 8.07 Å². The lowest BCUT2D eigenvalue weighted by atomic mass is 9.33. The van der Waals surface area contributed by atoms with Gasteiger partial charge >= 0.3 is 0 Å². The van der Waals surface area contributed by atoms with E-state index < -0.39 is 8.07 Å². The van der Waals surface area contributed by atoms with E-state index in [1.54, 1.807) is 0 Å². The van der Waals surface area contributed by atoms with E-state index in [1.165, 1.54) is 55.6 Å². The molecule has 0 aromatic heterocycles. The van der Waals surface area contributed by atoms with Crippen molar-refractivity contribution in [3.63, 3.8) is 0 Å². The van der Waals surface area contributed by atoms with E-state index >= 15 is 0 Å². The van der Waals surface area contributed by atoms with Crippen LogP contribution in [0.3, 0.4) is 0 Å². The molecule has 9 rings (SSSR count). The second kappa shape index (κ2) is 13.0. The van der Waals surface area contributed by atoms with Crippen molar-refractivity contribution in [1.82, 2.24) is 0 Å². The molecule has 0 amide bonds. The molecule has 0 aliphatic carbocycles. The van der Waals surface area contributed by atoms with Crippen LogP contribution in [-0.2, 0) is 5.41 Å². The number of hydrogen-bond acceptors (Lipinski definition) is 3. The fourth-order valence-electron chi connectivity index (χ4n) is 8.37. The average Bonchev–Trinajstić information content (AvgIpc) is 3.18. The van der Waals surface area contributed by atoms with Crippen LogP contribution in [0.1, 0.15) is 26.3 Å². The molecule has 0 fully saturated rings. The summed E-state index contributed by atoms with van der Waals surface area (Å²) in [6.45, 7) is 14.3. The topological polar surface area (TPSA) is 9.72 Å². The van der Waals surface area contributed by atoms with Gasteiger partial charge in [-0.1, -0.05) is 137 Å². The SMILES string of the molecule is CC(C)(C)c1ccc2c(c1)N(c1ccc([Si](C)(C)C)cc1)c1cccc3c1B2c1ccc(N(c2ccccc2)c2ccccc2)cc1N3c1ccccc1. The molecule has 0 bridgehead atoms. The predicted octanol–water partition coefficient (Wildman–Crippen LogP) is 11.1. The van der Waals surface area contributed by atoms with Crippen molar-refractivity contribution in [3.05, 3.63) is 175 Å². The molecule has 0 saturated carbocycles. The monoisotopic (exact) mass is 715 g/mol. The molecule has 5 heteroatoms. The molecule has 7 aromatic carbocycles. The number of anilines is 9. The van der Waals surface area contributed by atoms with Gasteiger partial charge in [-0.25, -0.2) is 0 Å². The number of fused-ring (bicyclic) bond motifs is 4. The van der Waals surface area contributed by atoms with Crippen LogP contribution in [0.25, 0.3) is 0 Å². The van der Waals surface area contributed by atoms with E-state index in [4.69, 9.17) is 0 Å². The van der Waals surface area contributed by atoms with Crippen molar-refractivity contribution in [1.29, 1.82) is 0 Å². The lowest BCUT2D eigenvalue weighted by Gasteiger charge is -2.44. The van der Waals surface area contributed by atoms with Gasteiger partial charge in [0.1, 0.15) is 0 Å². The summed E-state index contributed by atoms with van der Waals surface area (Å²) >= 11 is 0. The summed E-state index contributed by atoms with van der Waals surface area (Å²) in [5.74, 6) is 0. The Morgan fingerprint density at radius 1 is 0.463 bits per heavy atom. The highest BCUT2D eigenvalue weighted by Gasteiger charge is 2.43. The van der Waals surface area contributed by atoms with Crippen molar-refractivity contribution >= 4 is 87.5 Å². The van der Waals surface area contributed by atoms with Crippen molar-refractivity contribution in [3.8, 4) is 0 Å². The molecule has 0 atom stereocenters. The summed E-state index contributed by atoms with van der Waals surface area (Å²) in [6.07, 6.45) is 0. The first-order valence-corrected chi connectivity index (χ1v) is 22.7. The van der Waals surface area contributed by atoms with E-state index in [1.807, 2.05) is 0 Å². The number of benzene rings is 7. The van der Waals surface area contributed by atoms with Gasteiger partial charge in [0, 0.05) is 51.2 Å². The number of nitrogens with zero attached hydrogens (tertiary/aromatic N) is 3. The first-order chi connectivity index (χ1) is 26.1. The first-order valence-electron chi connectivity index (χ1n) is 19.2. The quantitative estimate of drug-likeness (QED) is 0.159. The molecule has 0 N–H and O–H groups in total. The van der Waals surface area contributed by atoms with E-state index in [-0.39, 0.29) is 12.1 Å². The Morgan fingerprint density at radius 2 is 0.963 bits per heavy atom. The Hall–Kier alpha value is -5.78. The number of hydrogen-bond donors (Lipinski definition) is 0. The van der Waals surface area contributed by atoms with Gasteiger partial charge in [-0.15, -0.1) is 0 Å². The van der Waals surface area contributed by atoms with Gasteiger partial charge in [-0.05, 0) is 106 Å². The average molecular weight is 716 g/mol. The number of para-hydroxylation sites is 3. The van der Waals surface area contributed by atoms with Crippen LogP contribution in [0.2, 0.25) is 19.6 Å². The third-order valence-electron chi connectivity index (χ3n) is 11.1. The molecule has 3 nitrogen and oxygen atoms in total. The fourth-order valence-corrected chi connectivity index (χ4v) is 9.53. The zero-order valence-electron chi connectivity index (χ0n) is 32.1. The minimum absolute atomic E-state index is 0.00628. The third-order valence-corrected chi connectivity index (χ3v) is 13.2. The lowest BCUT2D eigenvalue weighted by Crippen LogP contribution is -2.61. The normalized spacial score (nSPS) is 13.3. The van der Waals surface area contributed by atoms with Crippen LogP contribution in [-0.4, -0.2) is 14.8 Å². The van der Waals surface area contributed by atoms with Crippen molar-refractivity contribution in [2.24, 2.45) is 0 Å². The highest BCUT2D eigenvalue weighted by molar-refractivity contribution is 7.00. The molecule has 0 spiro atoms. The Kier molecular flexibility index (Phi) is 8.17. The summed E-state index contributed by atoms with van der Waals surface area (Å²) in [7, 11) is -1.47. The Bertz CT molecular complexity index is 2430. The molecule has 2 aliphatic rings. The first kappa shape index (κ1) is 34.0. The maximum atomic E-state index is 2.53. The second-order valence-corrected chi connectivity index (χ2v) is 21.8. The fraction of sp³-hybridized carbons (Fsp3) is 0.143. The summed E-state index contributed by atoms with van der Waals surface area (Å²) < 4.78 is 0. The van der Waals surface area contributed by atoms with E-state index in [2.05, 4.69) is 225 Å². The molecule has 2 aliphatic heterocycles. The largest absolute Gasteiger partial charge is 0.311 e. The Morgan fingerprint density at radius 3 is 1.50 bits per heavy atom. The second-order valence-electron chi connectivity index (χ2n) is 16.7. The maximum Gasteiger partial charge on any atom is 0.252 e. The number of rotatable bonds is 6. The van der Waals surface area contributed by atoms with Crippen LogP contribution >= 0.6 is 0 Å². The molecular formula is C49H46BN3Si. The van der Waals surface area contributed by atoms with E-state index in [0.717, 1.165) is 22.7 Å². The van der Waals surface area contributed by atoms with Crippen LogP contribution in [0.5, 0.6) is 0 Å². The standard InChI is InChI=1S/C49H46BN3Si/c1-49(2,3)35-25-31-42-46(33-35)53(39-26-29-41(30-27-39)54(4,5)6)45-24-16-23-44-48(45)50(42)43-32-28-40(34-47(43)52(44)38-21-14-9-15-22-38)51(36-17-10-7-11-18-36)37-19-12-8-13-20-37/h7-34H,1-6H3. The highest BCUT2D eigenvalue weighted by atomic mass is 28.3. The minimum Gasteiger partial charge on any atom is -0.311 e. The van der Waals surface area contributed by atoms with Gasteiger partial charge in [0.25, 0.3) is 6.71 Å². The highest BCUT2D eigenvalue weighted by Crippen LogP contribution is 2.46. The predicted molar refractivity (Wildman–Crippen MR) is 237 cm³/mol. The van der Waals surface area contributed by atoms with Gasteiger partial charge in [-0.3, -0.25) is 0 Å².